The van der Waals surface area contributed by atoms with Gasteiger partial charge in [-0.15, -0.1) is 22.7 Å². The van der Waals surface area contributed by atoms with Crippen molar-refractivity contribution in [2.45, 2.75) is 6.54 Å². The molecule has 0 saturated heterocycles. The first-order chi connectivity index (χ1) is 15.0. The number of aromatic nitrogens is 2. The summed E-state index contributed by atoms with van der Waals surface area (Å²) in [5.41, 5.74) is 4.50. The van der Waals surface area contributed by atoms with Gasteiger partial charge in [0.2, 0.25) is 0 Å². The summed E-state index contributed by atoms with van der Waals surface area (Å²) in [4.78, 5) is 28.0. The van der Waals surface area contributed by atoms with E-state index in [2.05, 4.69) is 22.0 Å². The van der Waals surface area contributed by atoms with Crippen LogP contribution < -0.4 is 4.74 Å². The van der Waals surface area contributed by atoms with Gasteiger partial charge in [0.1, 0.15) is 10.6 Å². The van der Waals surface area contributed by atoms with Gasteiger partial charge in [-0.1, -0.05) is 6.07 Å². The topological polar surface area (TPSA) is 58.6 Å². The molecule has 0 fully saturated rings. The predicted molar refractivity (Wildman–Crippen MR) is 127 cm³/mol. The molecular formula is C23H24N4O2S2. The quantitative estimate of drug-likeness (QED) is 0.390. The van der Waals surface area contributed by atoms with E-state index in [1.807, 2.05) is 48.6 Å². The van der Waals surface area contributed by atoms with Crippen molar-refractivity contribution in [2.75, 3.05) is 34.3 Å². The second-order valence-electron chi connectivity index (χ2n) is 7.43. The number of amides is 1. The molecule has 3 heterocycles. The summed E-state index contributed by atoms with van der Waals surface area (Å²) in [6.07, 6.45) is 1.64. The standard InChI is InChI=1S/C23H24N4O2S2/c1-26(2)8-9-27(23(28)21-13-24-15-31-21)14-17-11-16-6-7-18(29-3)12-19(16)25-22(17)20-5-4-10-30-20/h4-7,10-13,15H,8-9,14H2,1-3H3. The summed E-state index contributed by atoms with van der Waals surface area (Å²) < 4.78 is 5.38. The number of fused-ring (bicyclic) bond motifs is 1. The molecule has 0 aliphatic carbocycles. The number of ether oxygens (including phenoxy) is 1. The number of methoxy groups -OCH3 is 1. The Kier molecular flexibility index (Phi) is 6.60. The summed E-state index contributed by atoms with van der Waals surface area (Å²) in [6.45, 7) is 1.87. The SMILES string of the molecule is COc1ccc2cc(CN(CCN(C)C)C(=O)c3cncs3)c(-c3cccs3)nc2c1. The van der Waals surface area contributed by atoms with Crippen molar-refractivity contribution in [2.24, 2.45) is 0 Å². The van der Waals surface area contributed by atoms with Gasteiger partial charge < -0.3 is 14.5 Å². The number of thiazole rings is 1. The Morgan fingerprint density at radius 1 is 1.13 bits per heavy atom. The van der Waals surface area contributed by atoms with Gasteiger partial charge in [-0.2, -0.15) is 0 Å². The minimum absolute atomic E-state index is 0.00342. The first kappa shape index (κ1) is 21.4. The second-order valence-corrected chi connectivity index (χ2v) is 9.26. The van der Waals surface area contributed by atoms with Crippen molar-refractivity contribution in [3.8, 4) is 16.3 Å². The van der Waals surface area contributed by atoms with Gasteiger partial charge in [-0.05, 0) is 49.3 Å². The number of hydrogen-bond acceptors (Lipinski definition) is 7. The fraction of sp³-hybridized carbons (Fsp3) is 0.261. The molecule has 0 unspecified atom stereocenters. The van der Waals surface area contributed by atoms with Gasteiger partial charge in [-0.3, -0.25) is 9.78 Å². The van der Waals surface area contributed by atoms with E-state index in [9.17, 15) is 4.79 Å². The number of carbonyl (C=O) groups is 1. The van der Waals surface area contributed by atoms with Crippen LogP contribution in [0.15, 0.2) is 53.5 Å². The van der Waals surface area contributed by atoms with E-state index in [1.54, 1.807) is 30.2 Å². The van der Waals surface area contributed by atoms with E-state index in [-0.39, 0.29) is 5.91 Å². The molecule has 0 spiro atoms. The largest absolute Gasteiger partial charge is 0.497 e. The lowest BCUT2D eigenvalue weighted by Gasteiger charge is -2.25. The summed E-state index contributed by atoms with van der Waals surface area (Å²) in [6, 6.07) is 12.1. The highest BCUT2D eigenvalue weighted by Crippen LogP contribution is 2.31. The van der Waals surface area contributed by atoms with E-state index in [4.69, 9.17) is 9.72 Å². The van der Waals surface area contributed by atoms with Crippen LogP contribution in [-0.2, 0) is 6.54 Å². The molecule has 0 aliphatic rings. The molecule has 0 N–H and O–H groups in total. The molecule has 3 aromatic heterocycles. The third-order valence-corrected chi connectivity index (χ3v) is 6.60. The van der Waals surface area contributed by atoms with Crippen LogP contribution in [-0.4, -0.2) is 60.0 Å². The zero-order valence-corrected chi connectivity index (χ0v) is 19.4. The number of hydrogen-bond donors (Lipinski definition) is 0. The summed E-state index contributed by atoms with van der Waals surface area (Å²) in [5.74, 6) is 0.772. The molecule has 0 aliphatic heterocycles. The van der Waals surface area contributed by atoms with Crippen LogP contribution in [0, 0.1) is 0 Å². The zero-order valence-electron chi connectivity index (χ0n) is 17.7. The lowest BCUT2D eigenvalue weighted by atomic mass is 10.1. The van der Waals surface area contributed by atoms with E-state index in [0.29, 0.717) is 18.0 Å². The Labute approximate surface area is 189 Å². The maximum atomic E-state index is 13.2. The predicted octanol–water partition coefficient (Wildman–Crippen LogP) is 4.63. The number of carbonyl (C=O) groups excluding carboxylic acids is 1. The van der Waals surface area contributed by atoms with Crippen LogP contribution in [0.2, 0.25) is 0 Å². The summed E-state index contributed by atoms with van der Waals surface area (Å²) >= 11 is 3.02. The minimum atomic E-state index is -0.00342. The maximum absolute atomic E-state index is 13.2. The number of nitrogens with zero attached hydrogens (tertiary/aromatic N) is 4. The van der Waals surface area contributed by atoms with Gasteiger partial charge in [0.05, 0.1) is 34.9 Å². The molecule has 160 valence electrons. The van der Waals surface area contributed by atoms with E-state index in [1.165, 1.54) is 11.3 Å². The average Bonchev–Trinajstić information content (AvgIpc) is 3.49. The van der Waals surface area contributed by atoms with Crippen molar-refractivity contribution in [1.82, 2.24) is 19.8 Å². The minimum Gasteiger partial charge on any atom is -0.497 e. The van der Waals surface area contributed by atoms with Crippen LogP contribution in [0.25, 0.3) is 21.5 Å². The molecule has 8 heteroatoms. The second kappa shape index (κ2) is 9.55. The van der Waals surface area contributed by atoms with E-state index >= 15 is 0 Å². The number of rotatable bonds is 8. The first-order valence-electron chi connectivity index (χ1n) is 9.89. The molecule has 1 amide bonds. The average molecular weight is 453 g/mol. The van der Waals surface area contributed by atoms with Crippen molar-refractivity contribution >= 4 is 39.5 Å². The van der Waals surface area contributed by atoms with Crippen LogP contribution in [0.4, 0.5) is 0 Å². The fourth-order valence-electron chi connectivity index (χ4n) is 3.32. The van der Waals surface area contributed by atoms with Gasteiger partial charge >= 0.3 is 0 Å². The monoisotopic (exact) mass is 452 g/mol. The zero-order chi connectivity index (χ0) is 21.8. The molecule has 6 nitrogen and oxygen atoms in total. The van der Waals surface area contributed by atoms with Crippen LogP contribution in [0.3, 0.4) is 0 Å². The van der Waals surface area contributed by atoms with Crippen LogP contribution in [0.5, 0.6) is 5.75 Å². The highest BCUT2D eigenvalue weighted by Gasteiger charge is 2.21. The van der Waals surface area contributed by atoms with Crippen molar-refractivity contribution in [3.63, 3.8) is 0 Å². The number of benzene rings is 1. The molecule has 31 heavy (non-hydrogen) atoms. The highest BCUT2D eigenvalue weighted by molar-refractivity contribution is 7.13. The molecule has 0 bridgehead atoms. The number of thiophene rings is 1. The molecule has 0 atom stereocenters. The third kappa shape index (κ3) is 4.92. The molecule has 0 saturated carbocycles. The van der Waals surface area contributed by atoms with E-state index < -0.39 is 0 Å². The normalized spacial score (nSPS) is 11.2. The molecular weight excluding hydrogens is 428 g/mol. The lowest BCUT2D eigenvalue weighted by Crippen LogP contribution is -2.36. The molecule has 1 aromatic carbocycles. The van der Waals surface area contributed by atoms with Gasteiger partial charge in [0.25, 0.3) is 5.91 Å². The van der Waals surface area contributed by atoms with Gasteiger partial charge in [0, 0.05) is 31.1 Å². The number of pyridine rings is 1. The lowest BCUT2D eigenvalue weighted by molar-refractivity contribution is 0.0737. The van der Waals surface area contributed by atoms with Crippen molar-refractivity contribution < 1.29 is 9.53 Å². The Bertz CT molecular complexity index is 1160. The molecule has 4 aromatic rings. The summed E-state index contributed by atoms with van der Waals surface area (Å²) in [7, 11) is 5.68. The molecule has 4 rings (SSSR count). The van der Waals surface area contributed by atoms with Crippen molar-refractivity contribution in [1.29, 1.82) is 0 Å². The van der Waals surface area contributed by atoms with Crippen molar-refractivity contribution in [3.05, 3.63) is 63.9 Å². The van der Waals surface area contributed by atoms with Crippen LogP contribution >= 0.6 is 22.7 Å². The van der Waals surface area contributed by atoms with E-state index in [0.717, 1.165) is 39.3 Å². The maximum Gasteiger partial charge on any atom is 0.265 e. The van der Waals surface area contributed by atoms with Crippen LogP contribution in [0.1, 0.15) is 15.2 Å². The Hall–Kier alpha value is -2.81. The summed E-state index contributed by atoms with van der Waals surface area (Å²) in [5, 5.41) is 3.07. The fourth-order valence-corrected chi connectivity index (χ4v) is 4.66. The third-order valence-electron chi connectivity index (χ3n) is 4.97. The van der Waals surface area contributed by atoms with Gasteiger partial charge in [0.15, 0.2) is 0 Å². The Morgan fingerprint density at radius 2 is 2.00 bits per heavy atom. The number of likely N-dealkylation sites (N-methyl/N-ethyl adjacent to an activating group) is 1. The Morgan fingerprint density at radius 3 is 2.68 bits per heavy atom. The Balaban J connectivity index is 1.76. The smallest absolute Gasteiger partial charge is 0.265 e. The highest BCUT2D eigenvalue weighted by atomic mass is 32.1. The van der Waals surface area contributed by atoms with Gasteiger partial charge in [-0.25, -0.2) is 4.98 Å². The molecule has 0 radical (unpaired) electrons. The first-order valence-corrected chi connectivity index (χ1v) is 11.6.